The van der Waals surface area contributed by atoms with Crippen LogP contribution in [-0.2, 0) is 19.7 Å². The van der Waals surface area contributed by atoms with E-state index in [1.54, 1.807) is 23.1 Å². The molecule has 0 unspecified atom stereocenters. The lowest BCUT2D eigenvalue weighted by atomic mass is 10.1. The quantitative estimate of drug-likeness (QED) is 0.684. The summed E-state index contributed by atoms with van der Waals surface area (Å²) in [6.45, 7) is 1.67. The molecule has 0 radical (unpaired) electrons. The van der Waals surface area contributed by atoms with E-state index < -0.39 is 5.82 Å². The Kier molecular flexibility index (Phi) is 4.81. The van der Waals surface area contributed by atoms with E-state index in [4.69, 9.17) is 16.3 Å². The predicted octanol–water partition coefficient (Wildman–Crippen LogP) is 3.91. The Morgan fingerprint density at radius 3 is 2.74 bits per heavy atom. The minimum atomic E-state index is -0.509. The highest BCUT2D eigenvalue weighted by Crippen LogP contribution is 2.22. The van der Waals surface area contributed by atoms with Crippen molar-refractivity contribution in [1.29, 1.82) is 0 Å². The van der Waals surface area contributed by atoms with Crippen molar-refractivity contribution in [3.8, 4) is 5.88 Å². The van der Waals surface area contributed by atoms with Crippen molar-refractivity contribution in [2.24, 2.45) is 0 Å². The van der Waals surface area contributed by atoms with Crippen LogP contribution < -0.4 is 4.74 Å². The average molecular weight is 386 g/mol. The van der Waals surface area contributed by atoms with Crippen LogP contribution in [0, 0.1) is 5.82 Å². The predicted molar refractivity (Wildman–Crippen MR) is 99.2 cm³/mol. The molecule has 0 saturated carbocycles. The molecule has 1 aliphatic rings. The largest absolute Gasteiger partial charge is 0.472 e. The molecule has 138 valence electrons. The summed E-state index contributed by atoms with van der Waals surface area (Å²) in [5.74, 6) is -0.352. The van der Waals surface area contributed by atoms with Crippen molar-refractivity contribution >= 4 is 17.5 Å². The topological polar surface area (TPSA) is 47.4 Å². The summed E-state index contributed by atoms with van der Waals surface area (Å²) in [6.07, 6.45) is 0. The van der Waals surface area contributed by atoms with Crippen LogP contribution in [0.3, 0.4) is 0 Å². The first-order chi connectivity index (χ1) is 13.1. The van der Waals surface area contributed by atoms with Gasteiger partial charge in [0.15, 0.2) is 0 Å². The molecule has 2 heterocycles. The molecule has 0 spiro atoms. The maximum absolute atomic E-state index is 13.9. The molecule has 0 aliphatic carbocycles. The third-order valence-corrected chi connectivity index (χ3v) is 4.87. The summed E-state index contributed by atoms with van der Waals surface area (Å²) in [5.41, 5.74) is 1.81. The number of ether oxygens (including phenoxy) is 1. The molecule has 1 aromatic heterocycles. The summed E-state index contributed by atoms with van der Waals surface area (Å²) in [5, 5.41) is 5.06. The average Bonchev–Trinajstić information content (AvgIpc) is 3.09. The molecule has 0 N–H and O–H groups in total. The van der Waals surface area contributed by atoms with Gasteiger partial charge in [-0.25, -0.2) is 4.39 Å². The highest BCUT2D eigenvalue weighted by Gasteiger charge is 2.25. The van der Waals surface area contributed by atoms with Crippen LogP contribution in [0.1, 0.15) is 21.6 Å². The number of aromatic nitrogens is 2. The first-order valence-corrected chi connectivity index (χ1v) is 8.96. The van der Waals surface area contributed by atoms with Gasteiger partial charge in [0.1, 0.15) is 12.4 Å². The van der Waals surface area contributed by atoms with Gasteiger partial charge in [0, 0.05) is 23.2 Å². The highest BCUT2D eigenvalue weighted by molar-refractivity contribution is 6.31. The van der Waals surface area contributed by atoms with E-state index in [0.29, 0.717) is 37.1 Å². The third-order valence-electron chi connectivity index (χ3n) is 4.50. The Bertz CT molecular complexity index is 989. The molecule has 3 aromatic rings. The summed E-state index contributed by atoms with van der Waals surface area (Å²) in [4.78, 5) is 14.2. The van der Waals surface area contributed by atoms with E-state index in [-0.39, 0.29) is 11.5 Å². The van der Waals surface area contributed by atoms with Crippen molar-refractivity contribution < 1.29 is 13.9 Å². The number of benzene rings is 2. The minimum Gasteiger partial charge on any atom is -0.472 e. The fourth-order valence-electron chi connectivity index (χ4n) is 3.06. The molecular formula is C20H17ClFN3O2. The standard InChI is InChI=1S/C20H17ClFN3O2/c21-17-7-3-1-5-14(17)13-27-19-11-15-12-24(9-10-25(15)23-19)20(26)16-6-2-4-8-18(16)22/h1-8,11H,9-10,12-13H2. The van der Waals surface area contributed by atoms with E-state index in [2.05, 4.69) is 5.10 Å². The lowest BCUT2D eigenvalue weighted by Gasteiger charge is -2.27. The summed E-state index contributed by atoms with van der Waals surface area (Å²) >= 11 is 6.14. The Labute approximate surface area is 160 Å². The van der Waals surface area contributed by atoms with Gasteiger partial charge in [-0.05, 0) is 18.2 Å². The Hall–Kier alpha value is -2.86. The highest BCUT2D eigenvalue weighted by atomic mass is 35.5. The van der Waals surface area contributed by atoms with Gasteiger partial charge < -0.3 is 9.64 Å². The van der Waals surface area contributed by atoms with Crippen LogP contribution in [0.15, 0.2) is 54.6 Å². The van der Waals surface area contributed by atoms with E-state index in [0.717, 1.165) is 11.3 Å². The lowest BCUT2D eigenvalue weighted by Crippen LogP contribution is -2.38. The van der Waals surface area contributed by atoms with E-state index in [1.165, 1.54) is 12.1 Å². The van der Waals surface area contributed by atoms with E-state index >= 15 is 0 Å². The monoisotopic (exact) mass is 385 g/mol. The first-order valence-electron chi connectivity index (χ1n) is 8.58. The van der Waals surface area contributed by atoms with Gasteiger partial charge in [-0.3, -0.25) is 9.48 Å². The van der Waals surface area contributed by atoms with Crippen LogP contribution in [0.5, 0.6) is 5.88 Å². The van der Waals surface area contributed by atoms with E-state index in [1.807, 2.05) is 28.9 Å². The van der Waals surface area contributed by atoms with Crippen LogP contribution >= 0.6 is 11.6 Å². The molecule has 0 bridgehead atoms. The zero-order valence-corrected chi connectivity index (χ0v) is 15.2. The van der Waals surface area contributed by atoms with Gasteiger partial charge >= 0.3 is 0 Å². The fourth-order valence-corrected chi connectivity index (χ4v) is 3.25. The van der Waals surface area contributed by atoms with Crippen LogP contribution in [0.4, 0.5) is 4.39 Å². The number of carbonyl (C=O) groups is 1. The molecule has 1 aliphatic heterocycles. The third kappa shape index (κ3) is 3.66. The number of hydrogen-bond donors (Lipinski definition) is 0. The van der Waals surface area contributed by atoms with Crippen molar-refractivity contribution in [3.63, 3.8) is 0 Å². The summed E-state index contributed by atoms with van der Waals surface area (Å²) in [7, 11) is 0. The van der Waals surface area contributed by atoms with Crippen LogP contribution in [-0.4, -0.2) is 27.1 Å². The molecule has 27 heavy (non-hydrogen) atoms. The number of rotatable bonds is 4. The summed E-state index contributed by atoms with van der Waals surface area (Å²) < 4.78 is 21.5. The van der Waals surface area contributed by atoms with Crippen LogP contribution in [0.25, 0.3) is 0 Å². The second kappa shape index (κ2) is 7.40. The normalized spacial score (nSPS) is 13.3. The maximum atomic E-state index is 13.9. The number of amides is 1. The number of fused-ring (bicyclic) bond motifs is 1. The fraction of sp³-hybridized carbons (Fsp3) is 0.200. The SMILES string of the molecule is O=C(c1ccccc1F)N1CCn2nc(OCc3ccccc3Cl)cc2C1. The first kappa shape index (κ1) is 17.5. The van der Waals surface area contributed by atoms with E-state index in [9.17, 15) is 9.18 Å². The van der Waals surface area contributed by atoms with Crippen molar-refractivity contribution in [2.45, 2.75) is 19.7 Å². The molecule has 0 fully saturated rings. The number of halogens is 2. The van der Waals surface area contributed by atoms with Gasteiger partial charge in [-0.2, -0.15) is 0 Å². The van der Waals surface area contributed by atoms with Gasteiger partial charge in [-0.1, -0.05) is 41.9 Å². The van der Waals surface area contributed by atoms with Crippen molar-refractivity contribution in [1.82, 2.24) is 14.7 Å². The van der Waals surface area contributed by atoms with Gasteiger partial charge in [0.25, 0.3) is 5.91 Å². The van der Waals surface area contributed by atoms with Gasteiger partial charge in [0.2, 0.25) is 5.88 Å². The zero-order chi connectivity index (χ0) is 18.8. The molecule has 4 rings (SSSR count). The molecular weight excluding hydrogens is 369 g/mol. The number of hydrogen-bond acceptors (Lipinski definition) is 3. The Morgan fingerprint density at radius 2 is 1.93 bits per heavy atom. The zero-order valence-electron chi connectivity index (χ0n) is 14.4. The number of carbonyl (C=O) groups excluding carboxylic acids is 1. The van der Waals surface area contributed by atoms with Crippen molar-refractivity contribution in [2.75, 3.05) is 6.54 Å². The molecule has 7 heteroatoms. The smallest absolute Gasteiger partial charge is 0.257 e. The van der Waals surface area contributed by atoms with Crippen LogP contribution in [0.2, 0.25) is 5.02 Å². The molecule has 0 atom stereocenters. The molecule has 2 aromatic carbocycles. The number of nitrogens with zero attached hydrogens (tertiary/aromatic N) is 3. The maximum Gasteiger partial charge on any atom is 0.257 e. The molecule has 1 amide bonds. The second-order valence-corrected chi connectivity index (χ2v) is 6.69. The Morgan fingerprint density at radius 1 is 1.15 bits per heavy atom. The van der Waals surface area contributed by atoms with Gasteiger partial charge in [0.05, 0.1) is 24.3 Å². The second-order valence-electron chi connectivity index (χ2n) is 6.28. The lowest BCUT2D eigenvalue weighted by molar-refractivity contribution is 0.0701. The summed E-state index contributed by atoms with van der Waals surface area (Å²) in [6, 6.07) is 15.3. The van der Waals surface area contributed by atoms with Crippen molar-refractivity contribution in [3.05, 3.63) is 82.3 Å². The Balaban J connectivity index is 1.45. The minimum absolute atomic E-state index is 0.0839. The molecule has 5 nitrogen and oxygen atoms in total. The van der Waals surface area contributed by atoms with Gasteiger partial charge in [-0.15, -0.1) is 5.10 Å². The molecule has 0 saturated heterocycles.